The maximum Gasteiger partial charge on any atom is 0.277 e. The second-order valence-electron chi connectivity index (χ2n) is 32.4. The summed E-state index contributed by atoms with van der Waals surface area (Å²) in [6.45, 7) is 28.2. The third-order valence-electron chi connectivity index (χ3n) is 19.5. The Hall–Kier alpha value is -10.4. The molecule has 21 heteroatoms. The number of rotatable bonds is 12. The Kier molecular flexibility index (Phi) is 34.0. The number of methoxy groups -OCH3 is 6. The van der Waals surface area contributed by atoms with Crippen molar-refractivity contribution >= 4 is 97.7 Å². The first-order valence-electron chi connectivity index (χ1n) is 38.4. The molecule has 0 spiro atoms. The van der Waals surface area contributed by atoms with Gasteiger partial charge in [0, 0.05) is 136 Å². The van der Waals surface area contributed by atoms with Crippen LogP contribution in [0.1, 0.15) is 108 Å². The zero-order valence-electron chi connectivity index (χ0n) is 71.3. The molecule has 15 aromatic rings. The van der Waals surface area contributed by atoms with Gasteiger partial charge in [-0.3, -0.25) is 15.0 Å². The van der Waals surface area contributed by atoms with E-state index in [-0.39, 0.29) is 99.4 Å². The summed E-state index contributed by atoms with van der Waals surface area (Å²) in [5.41, 5.74) is 13.2. The van der Waals surface area contributed by atoms with Crippen LogP contribution in [0.3, 0.4) is 0 Å². The monoisotopic (exact) mass is 2150 g/mol. The Bertz CT molecular complexity index is 5890. The average Bonchev–Trinajstić information content (AvgIpc) is 0.740. The molecule has 0 fully saturated rings. The summed E-state index contributed by atoms with van der Waals surface area (Å²) in [6.07, 6.45) is 7.20. The quantitative estimate of drug-likeness (QED) is 0.0288. The van der Waals surface area contributed by atoms with Crippen molar-refractivity contribution in [3.63, 3.8) is 0 Å². The number of aromatic nitrogens is 6. The first kappa shape index (κ1) is 96.8. The molecule has 0 aliphatic heterocycles. The van der Waals surface area contributed by atoms with Crippen LogP contribution in [0.4, 0.5) is 0 Å². The first-order valence-corrected chi connectivity index (χ1v) is 38.4. The summed E-state index contributed by atoms with van der Waals surface area (Å²) in [4.78, 5) is 29.5. The van der Waals surface area contributed by atoms with E-state index in [0.29, 0.717) is 0 Å². The minimum atomic E-state index is -1.11. The molecule has 3 radical (unpaired) electrons. The number of fused-ring (bicyclic) bond motifs is 18. The van der Waals surface area contributed by atoms with Gasteiger partial charge in [0.15, 0.2) is 6.29 Å². The second kappa shape index (κ2) is 42.2. The molecule has 6 N–H and O–H groups in total. The smallest absolute Gasteiger partial charge is 0.277 e. The number of allylic oxidation sites excluding steroid dienone is 2. The molecule has 0 aliphatic carbocycles. The molecule has 633 valence electrons. The largest absolute Gasteiger partial charge is 0.540 e. The van der Waals surface area contributed by atoms with E-state index in [2.05, 4.69) is 112 Å². The number of benzene rings is 12. The number of aliphatic hydroxyl groups excluding tert-OH is 6. The average molecular weight is 2150 g/mol. The molecule has 0 saturated carbocycles. The molecule has 15 rings (SSSR count). The van der Waals surface area contributed by atoms with Crippen molar-refractivity contribution in [2.24, 2.45) is 10.8 Å². The van der Waals surface area contributed by atoms with Crippen molar-refractivity contribution in [1.82, 2.24) is 29.9 Å². The van der Waals surface area contributed by atoms with Crippen LogP contribution in [-0.4, -0.2) is 122 Å². The van der Waals surface area contributed by atoms with E-state index >= 15 is 0 Å². The summed E-state index contributed by atoms with van der Waals surface area (Å²) in [6, 6.07) is 71.7. The first-order chi connectivity index (χ1) is 55.6. The van der Waals surface area contributed by atoms with Crippen molar-refractivity contribution < 1.29 is 119 Å². The standard InChI is InChI=1S/C30H29N2.2C24H17N2O2.C11H22O2.C5H10O4.C5H10O2.3Ir/c1-29(2,3)20-12-14-22-24(16-20)25-17-21(30(4,5)6)13-15-23(25)28-27(22)31-18-26(32-28)19-10-8-7-9-11-19;2*1-27-16-8-10-18-20(12-16)21-13-17(28-2)9-11-19(21)24-23(18)25-14-22(26-24)15-6-4-3-5-7-15;1-10(2,3)8(12)7-9(13)11(4,5)6;1-8-4(6)3-5(7)9-2;1-4(6)3-5(2)7;;;/h7-13,15-18H,1-6H3;2*3-9,11-14H,1-2H3;7-8,12-13H,1-6H3;3-4,6-7H,1-2H3;3-4,6-7H,1-2H3;;;/q3*-1;;;;;;. The normalized spacial score (nSPS) is 12.6. The molecule has 0 saturated heterocycles. The number of hydrogen-bond donors (Lipinski definition) is 6. The van der Waals surface area contributed by atoms with Gasteiger partial charge in [-0.05, 0) is 99.0 Å². The third kappa shape index (κ3) is 23.8. The molecule has 0 bridgehead atoms. The van der Waals surface area contributed by atoms with Crippen LogP contribution in [0, 0.1) is 29.0 Å². The Labute approximate surface area is 743 Å². The molecule has 3 atom stereocenters. The van der Waals surface area contributed by atoms with E-state index in [4.69, 9.17) is 69.3 Å². The van der Waals surface area contributed by atoms with E-state index in [9.17, 15) is 10.2 Å². The van der Waals surface area contributed by atoms with Crippen LogP contribution in [0.5, 0.6) is 23.0 Å². The van der Waals surface area contributed by atoms with Gasteiger partial charge in [0.05, 0.1) is 99.0 Å². The maximum absolute atomic E-state index is 9.68. The summed E-state index contributed by atoms with van der Waals surface area (Å²) in [7, 11) is 9.25. The van der Waals surface area contributed by atoms with Gasteiger partial charge in [-0.2, -0.15) is 0 Å². The summed E-state index contributed by atoms with van der Waals surface area (Å²) in [5, 5.41) is 66.0. The molecule has 0 amide bonds. The van der Waals surface area contributed by atoms with Gasteiger partial charge in [0.25, 0.3) is 5.95 Å². The summed E-state index contributed by atoms with van der Waals surface area (Å²) < 4.78 is 30.4. The zero-order valence-corrected chi connectivity index (χ0v) is 78.5. The number of aliphatic hydroxyl groups is 6. The Morgan fingerprint density at radius 1 is 0.383 bits per heavy atom. The van der Waals surface area contributed by atoms with Crippen molar-refractivity contribution in [1.29, 1.82) is 0 Å². The van der Waals surface area contributed by atoms with Gasteiger partial charge in [-0.25, -0.2) is 0 Å². The van der Waals surface area contributed by atoms with Crippen LogP contribution in [-0.2, 0) is 80.6 Å². The van der Waals surface area contributed by atoms with Gasteiger partial charge >= 0.3 is 0 Å². The number of hydrogen-bond acceptors (Lipinski definition) is 18. The van der Waals surface area contributed by atoms with Crippen LogP contribution in [0.2, 0.25) is 0 Å². The van der Waals surface area contributed by atoms with Gasteiger partial charge in [0.2, 0.25) is 0 Å². The topological polar surface area (TPSA) is 254 Å². The molecule has 18 nitrogen and oxygen atoms in total. The van der Waals surface area contributed by atoms with Gasteiger partial charge in [-0.15, -0.1) is 64.2 Å². The predicted molar refractivity (Wildman–Crippen MR) is 475 cm³/mol. The Morgan fingerprint density at radius 3 is 1.04 bits per heavy atom. The van der Waals surface area contributed by atoms with Crippen LogP contribution < -0.4 is 18.9 Å². The third-order valence-corrected chi connectivity index (χ3v) is 19.5. The Morgan fingerprint density at radius 2 is 0.725 bits per heavy atom. The fourth-order valence-electron chi connectivity index (χ4n) is 12.7. The zero-order chi connectivity index (χ0) is 84.8. The minimum Gasteiger partial charge on any atom is -0.540 e. The van der Waals surface area contributed by atoms with E-state index < -0.39 is 18.5 Å². The van der Waals surface area contributed by atoms with Crippen molar-refractivity contribution in [3.8, 4) is 56.8 Å². The predicted octanol–water partition coefficient (Wildman–Crippen LogP) is 22.5. The van der Waals surface area contributed by atoms with E-state index in [0.717, 1.165) is 150 Å². The van der Waals surface area contributed by atoms with Crippen LogP contribution in [0.15, 0.2) is 236 Å². The fraction of sp³-hybridized carbons (Fsp3) is 0.273. The van der Waals surface area contributed by atoms with Gasteiger partial charge in [-0.1, -0.05) is 238 Å². The summed E-state index contributed by atoms with van der Waals surface area (Å²) >= 11 is 0. The van der Waals surface area contributed by atoms with Gasteiger partial charge < -0.3 is 74.0 Å². The molecule has 3 unspecified atom stereocenters. The van der Waals surface area contributed by atoms with E-state index in [1.807, 2.05) is 200 Å². The van der Waals surface area contributed by atoms with Crippen molar-refractivity contribution in [3.05, 3.63) is 266 Å². The second-order valence-corrected chi connectivity index (χ2v) is 32.4. The minimum absolute atomic E-state index is 0. The molecular weight excluding hydrogens is 2040 g/mol. The number of nitrogens with zero attached hydrogens (tertiary/aromatic N) is 6. The maximum atomic E-state index is 9.68. The van der Waals surface area contributed by atoms with Crippen LogP contribution in [0.25, 0.3) is 132 Å². The van der Waals surface area contributed by atoms with Crippen molar-refractivity contribution in [2.45, 2.75) is 126 Å². The SMILES string of the molecule is CC(C)(C)C(O)=CC(O)C(C)(C)C.CC(C)(C)c1c[c-]c2c(c1)c1cc(C(C)(C)C)ccc1c1nc(-c3ccccc3)cnc21.CC(O)=CC(C)O.COC(O)=CC(O)OC.COc1c[c-]c2c(c1)c1cc(OC)ccc1c1nc(-c3ccccc3)cnc21.COc1c[c-]c2c(c1)c1cc(OC)ccc1c1nc(-c3ccccc3)cnc21.[Ir].[Ir].[Ir]. The molecular formula is C99H105Ir3N6O12-3. The number of ether oxygens (including phenoxy) is 6. The molecule has 12 aromatic carbocycles. The molecule has 3 heterocycles. The molecule has 120 heavy (non-hydrogen) atoms. The van der Waals surface area contributed by atoms with Gasteiger partial charge in [0.1, 0.15) is 11.5 Å². The van der Waals surface area contributed by atoms with Crippen LogP contribution >= 0.6 is 0 Å². The van der Waals surface area contributed by atoms with Crippen molar-refractivity contribution in [2.75, 3.05) is 42.7 Å². The fourth-order valence-corrected chi connectivity index (χ4v) is 12.7. The Balaban J connectivity index is 0.000000211. The molecule has 3 aromatic heterocycles. The molecule has 0 aliphatic rings. The summed E-state index contributed by atoms with van der Waals surface area (Å²) in [5.74, 6) is 3.15. The van der Waals surface area contributed by atoms with E-state index in [1.54, 1.807) is 35.4 Å². The van der Waals surface area contributed by atoms with E-state index in [1.165, 1.54) is 55.2 Å².